The highest BCUT2D eigenvalue weighted by atomic mass is 16.5. The molecule has 1 amide bonds. The van der Waals surface area contributed by atoms with Gasteiger partial charge in [0.25, 0.3) is 5.91 Å². The molecule has 0 unspecified atom stereocenters. The molecule has 0 aromatic heterocycles. The number of hydrogen-bond donors (Lipinski definition) is 1. The average Bonchev–Trinajstić information content (AvgIpc) is 2.81. The number of ether oxygens (including phenoxy) is 1. The van der Waals surface area contributed by atoms with Crippen LogP contribution in [-0.2, 0) is 12.8 Å². The zero-order valence-corrected chi connectivity index (χ0v) is 14.0. The summed E-state index contributed by atoms with van der Waals surface area (Å²) in [5.74, 6) is 0.691. The summed E-state index contributed by atoms with van der Waals surface area (Å²) in [6.07, 6.45) is 1.67. The summed E-state index contributed by atoms with van der Waals surface area (Å²) in [5.41, 5.74) is 3.86. The smallest absolute Gasteiger partial charge is 0.255 e. The molecule has 2 aromatic carbocycles. The third kappa shape index (κ3) is 3.55. The SMILES string of the molecule is Cc1cc2c(c(C(=O)NCCc3ccccc3)c1)OC(C)(C)C2. The minimum Gasteiger partial charge on any atom is -0.486 e. The highest BCUT2D eigenvalue weighted by Crippen LogP contribution is 2.38. The first-order valence-electron chi connectivity index (χ1n) is 8.09. The van der Waals surface area contributed by atoms with Crippen LogP contribution in [0.3, 0.4) is 0 Å². The number of hydrogen-bond acceptors (Lipinski definition) is 2. The van der Waals surface area contributed by atoms with E-state index in [0.29, 0.717) is 12.1 Å². The van der Waals surface area contributed by atoms with E-state index in [1.807, 2.05) is 31.2 Å². The molecule has 1 aliphatic rings. The Morgan fingerprint density at radius 1 is 1.22 bits per heavy atom. The molecule has 0 aliphatic carbocycles. The van der Waals surface area contributed by atoms with Gasteiger partial charge >= 0.3 is 0 Å². The van der Waals surface area contributed by atoms with Gasteiger partial charge in [0.1, 0.15) is 11.4 Å². The number of rotatable bonds is 4. The second kappa shape index (κ2) is 6.07. The lowest BCUT2D eigenvalue weighted by Gasteiger charge is -2.18. The molecule has 0 radical (unpaired) electrons. The molecule has 3 rings (SSSR count). The maximum Gasteiger partial charge on any atom is 0.255 e. The van der Waals surface area contributed by atoms with Crippen LogP contribution in [0.15, 0.2) is 42.5 Å². The first-order valence-corrected chi connectivity index (χ1v) is 8.09. The van der Waals surface area contributed by atoms with Gasteiger partial charge in [-0.3, -0.25) is 4.79 Å². The maximum atomic E-state index is 12.6. The molecule has 1 heterocycles. The van der Waals surface area contributed by atoms with Crippen molar-refractivity contribution in [3.63, 3.8) is 0 Å². The monoisotopic (exact) mass is 309 g/mol. The molecule has 120 valence electrons. The van der Waals surface area contributed by atoms with E-state index < -0.39 is 0 Å². The van der Waals surface area contributed by atoms with Crippen LogP contribution < -0.4 is 10.1 Å². The topological polar surface area (TPSA) is 38.3 Å². The third-order valence-electron chi connectivity index (χ3n) is 4.09. The summed E-state index contributed by atoms with van der Waals surface area (Å²) in [7, 11) is 0. The van der Waals surface area contributed by atoms with E-state index >= 15 is 0 Å². The first-order chi connectivity index (χ1) is 10.9. The van der Waals surface area contributed by atoms with Crippen LogP contribution in [0, 0.1) is 6.92 Å². The highest BCUT2D eigenvalue weighted by Gasteiger charge is 2.33. The Labute approximate surface area is 137 Å². The highest BCUT2D eigenvalue weighted by molar-refractivity contribution is 5.97. The van der Waals surface area contributed by atoms with E-state index in [9.17, 15) is 4.79 Å². The molecule has 1 N–H and O–H groups in total. The van der Waals surface area contributed by atoms with Crippen molar-refractivity contribution in [3.8, 4) is 5.75 Å². The van der Waals surface area contributed by atoms with Gasteiger partial charge in [-0.05, 0) is 49.9 Å². The van der Waals surface area contributed by atoms with Crippen LogP contribution in [-0.4, -0.2) is 18.1 Å². The molecule has 1 aliphatic heterocycles. The van der Waals surface area contributed by atoms with Crippen molar-refractivity contribution in [2.45, 2.75) is 39.2 Å². The van der Waals surface area contributed by atoms with Crippen LogP contribution in [0.25, 0.3) is 0 Å². The fourth-order valence-electron chi connectivity index (χ4n) is 3.10. The van der Waals surface area contributed by atoms with Gasteiger partial charge in [-0.2, -0.15) is 0 Å². The Morgan fingerprint density at radius 3 is 2.70 bits per heavy atom. The lowest BCUT2D eigenvalue weighted by Crippen LogP contribution is -2.28. The van der Waals surface area contributed by atoms with Crippen molar-refractivity contribution in [2.75, 3.05) is 6.54 Å². The van der Waals surface area contributed by atoms with E-state index in [4.69, 9.17) is 4.74 Å². The fraction of sp³-hybridized carbons (Fsp3) is 0.350. The maximum absolute atomic E-state index is 12.6. The van der Waals surface area contributed by atoms with Crippen LogP contribution >= 0.6 is 0 Å². The molecule has 0 atom stereocenters. The van der Waals surface area contributed by atoms with Gasteiger partial charge in [0.05, 0.1) is 5.56 Å². The van der Waals surface area contributed by atoms with Gasteiger partial charge in [0.2, 0.25) is 0 Å². The predicted molar refractivity (Wildman–Crippen MR) is 92.1 cm³/mol. The number of benzene rings is 2. The van der Waals surface area contributed by atoms with Crippen molar-refractivity contribution in [1.29, 1.82) is 0 Å². The Morgan fingerprint density at radius 2 is 1.96 bits per heavy atom. The second-order valence-corrected chi connectivity index (χ2v) is 6.83. The summed E-state index contributed by atoms with van der Waals surface area (Å²) in [5, 5.41) is 3.01. The van der Waals surface area contributed by atoms with Gasteiger partial charge in [-0.1, -0.05) is 36.4 Å². The van der Waals surface area contributed by atoms with Crippen LogP contribution in [0.1, 0.15) is 40.9 Å². The number of nitrogens with one attached hydrogen (secondary N) is 1. The lowest BCUT2D eigenvalue weighted by atomic mass is 9.98. The van der Waals surface area contributed by atoms with Crippen molar-refractivity contribution in [2.24, 2.45) is 0 Å². The normalized spacial score (nSPS) is 14.9. The summed E-state index contributed by atoms with van der Waals surface area (Å²) in [6.45, 7) is 6.75. The van der Waals surface area contributed by atoms with E-state index in [1.165, 1.54) is 5.56 Å². The molecule has 23 heavy (non-hydrogen) atoms. The van der Waals surface area contributed by atoms with Crippen molar-refractivity contribution >= 4 is 5.91 Å². The lowest BCUT2D eigenvalue weighted by molar-refractivity contribution is 0.0940. The van der Waals surface area contributed by atoms with Crippen LogP contribution in [0.2, 0.25) is 0 Å². The molecule has 0 saturated carbocycles. The van der Waals surface area contributed by atoms with Crippen molar-refractivity contribution in [3.05, 3.63) is 64.7 Å². The van der Waals surface area contributed by atoms with E-state index in [2.05, 4.69) is 37.4 Å². The minimum absolute atomic E-state index is 0.0569. The summed E-state index contributed by atoms with van der Waals surface area (Å²) in [4.78, 5) is 12.6. The molecule has 0 saturated heterocycles. The molecule has 0 spiro atoms. The summed E-state index contributed by atoms with van der Waals surface area (Å²) >= 11 is 0. The molecule has 3 nitrogen and oxygen atoms in total. The number of carbonyl (C=O) groups excluding carboxylic acids is 1. The van der Waals surface area contributed by atoms with Crippen molar-refractivity contribution < 1.29 is 9.53 Å². The van der Waals surface area contributed by atoms with Crippen LogP contribution in [0.5, 0.6) is 5.75 Å². The zero-order valence-electron chi connectivity index (χ0n) is 14.0. The molecule has 0 bridgehead atoms. The molecule has 2 aromatic rings. The van der Waals surface area contributed by atoms with E-state index in [-0.39, 0.29) is 11.5 Å². The Balaban J connectivity index is 1.71. The third-order valence-corrected chi connectivity index (χ3v) is 4.09. The standard InChI is InChI=1S/C20H23NO2/c1-14-11-16-13-20(2,3)23-18(16)17(12-14)19(22)21-10-9-15-7-5-4-6-8-15/h4-8,11-12H,9-10,13H2,1-3H3,(H,21,22). The van der Waals surface area contributed by atoms with E-state index in [0.717, 1.165) is 29.7 Å². The number of carbonyl (C=O) groups is 1. The quantitative estimate of drug-likeness (QED) is 0.935. The van der Waals surface area contributed by atoms with Gasteiger partial charge in [-0.25, -0.2) is 0 Å². The second-order valence-electron chi connectivity index (χ2n) is 6.83. The molecular weight excluding hydrogens is 286 g/mol. The zero-order chi connectivity index (χ0) is 16.4. The fourth-order valence-corrected chi connectivity index (χ4v) is 3.10. The molecular formula is C20H23NO2. The number of amides is 1. The van der Waals surface area contributed by atoms with E-state index in [1.54, 1.807) is 0 Å². The average molecular weight is 309 g/mol. The van der Waals surface area contributed by atoms with Crippen molar-refractivity contribution in [1.82, 2.24) is 5.32 Å². The minimum atomic E-state index is -0.241. The predicted octanol–water partition coefficient (Wildman–Crippen LogP) is 3.68. The number of fused-ring (bicyclic) bond motifs is 1. The molecule has 3 heteroatoms. The molecule has 0 fully saturated rings. The van der Waals surface area contributed by atoms with Crippen LogP contribution in [0.4, 0.5) is 0 Å². The Hall–Kier alpha value is -2.29. The van der Waals surface area contributed by atoms with Gasteiger partial charge < -0.3 is 10.1 Å². The van der Waals surface area contributed by atoms with Gasteiger partial charge in [0, 0.05) is 13.0 Å². The summed E-state index contributed by atoms with van der Waals surface area (Å²) in [6, 6.07) is 14.2. The first kappa shape index (κ1) is 15.6. The Kier molecular flexibility index (Phi) is 4.12. The number of aryl methyl sites for hydroxylation is 1. The summed E-state index contributed by atoms with van der Waals surface area (Å²) < 4.78 is 6.01. The van der Waals surface area contributed by atoms with Gasteiger partial charge in [-0.15, -0.1) is 0 Å². The Bertz CT molecular complexity index is 720. The van der Waals surface area contributed by atoms with Gasteiger partial charge in [0.15, 0.2) is 0 Å². The largest absolute Gasteiger partial charge is 0.486 e.